The van der Waals surface area contributed by atoms with E-state index >= 15 is 0 Å². The highest BCUT2D eigenvalue weighted by Gasteiger charge is 2.24. The SMILES string of the molecule is COCC(=O)N1CCc2[nH]c3c(Cl)c(C#N)ccc3c2C1. The van der Waals surface area contributed by atoms with Crippen LogP contribution in [0, 0.1) is 11.3 Å². The van der Waals surface area contributed by atoms with Crippen molar-refractivity contribution >= 4 is 28.4 Å². The zero-order valence-electron chi connectivity index (χ0n) is 11.6. The maximum atomic E-state index is 12.0. The first-order valence-corrected chi connectivity index (χ1v) is 7.02. The summed E-state index contributed by atoms with van der Waals surface area (Å²) in [4.78, 5) is 17.0. The molecule has 0 saturated heterocycles. The number of aromatic nitrogens is 1. The number of nitrogens with one attached hydrogen (secondary N) is 1. The number of amides is 1. The molecule has 0 saturated carbocycles. The van der Waals surface area contributed by atoms with E-state index in [-0.39, 0.29) is 12.5 Å². The van der Waals surface area contributed by atoms with Gasteiger partial charge in [0.15, 0.2) is 0 Å². The van der Waals surface area contributed by atoms with E-state index < -0.39 is 0 Å². The molecule has 21 heavy (non-hydrogen) atoms. The third-order valence-electron chi connectivity index (χ3n) is 3.83. The van der Waals surface area contributed by atoms with Crippen LogP contribution in [-0.2, 0) is 22.5 Å². The molecule has 0 bridgehead atoms. The minimum Gasteiger partial charge on any atom is -0.375 e. The van der Waals surface area contributed by atoms with Crippen LogP contribution in [0.4, 0.5) is 0 Å². The fourth-order valence-corrected chi connectivity index (χ4v) is 3.02. The van der Waals surface area contributed by atoms with Crippen molar-refractivity contribution in [3.63, 3.8) is 0 Å². The van der Waals surface area contributed by atoms with Gasteiger partial charge in [0.2, 0.25) is 5.91 Å². The average molecular weight is 304 g/mol. The van der Waals surface area contributed by atoms with E-state index in [1.165, 1.54) is 7.11 Å². The van der Waals surface area contributed by atoms with E-state index in [9.17, 15) is 4.79 Å². The van der Waals surface area contributed by atoms with Crippen LogP contribution in [-0.4, -0.2) is 36.1 Å². The maximum Gasteiger partial charge on any atom is 0.248 e. The van der Waals surface area contributed by atoms with Crippen molar-refractivity contribution in [3.05, 3.63) is 34.0 Å². The van der Waals surface area contributed by atoms with Crippen molar-refractivity contribution in [2.24, 2.45) is 0 Å². The summed E-state index contributed by atoms with van der Waals surface area (Å²) in [7, 11) is 1.52. The normalized spacial score (nSPS) is 14.0. The lowest BCUT2D eigenvalue weighted by Crippen LogP contribution is -2.37. The monoisotopic (exact) mass is 303 g/mol. The molecule has 1 N–H and O–H groups in total. The lowest BCUT2D eigenvalue weighted by atomic mass is 10.0. The summed E-state index contributed by atoms with van der Waals surface area (Å²) in [5.41, 5.74) is 3.40. The Morgan fingerprint density at radius 2 is 2.38 bits per heavy atom. The Bertz CT molecular complexity index is 760. The standard InChI is InChI=1S/C15H14ClN3O2/c1-21-8-13(20)19-5-4-12-11(7-19)10-3-2-9(6-17)14(16)15(10)18-12/h2-3,18H,4-5,7-8H2,1H3. The van der Waals surface area contributed by atoms with Gasteiger partial charge in [-0.1, -0.05) is 17.7 Å². The first kappa shape index (κ1) is 13.9. The molecule has 3 rings (SSSR count). The molecule has 1 amide bonds. The van der Waals surface area contributed by atoms with E-state index in [1.807, 2.05) is 6.07 Å². The Morgan fingerprint density at radius 3 is 3.10 bits per heavy atom. The lowest BCUT2D eigenvalue weighted by Gasteiger charge is -2.27. The van der Waals surface area contributed by atoms with Crippen molar-refractivity contribution in [1.29, 1.82) is 5.26 Å². The molecule has 2 heterocycles. The number of rotatable bonds is 2. The molecule has 6 heteroatoms. The summed E-state index contributed by atoms with van der Waals surface area (Å²) in [5, 5.41) is 10.5. The van der Waals surface area contributed by atoms with Crippen LogP contribution in [0.5, 0.6) is 0 Å². The van der Waals surface area contributed by atoms with Gasteiger partial charge in [-0.05, 0) is 6.07 Å². The number of carbonyl (C=O) groups excluding carboxylic acids is 1. The van der Waals surface area contributed by atoms with Gasteiger partial charge in [-0.3, -0.25) is 4.79 Å². The molecular weight excluding hydrogens is 290 g/mol. The smallest absolute Gasteiger partial charge is 0.248 e. The van der Waals surface area contributed by atoms with Crippen molar-refractivity contribution < 1.29 is 9.53 Å². The molecule has 0 fully saturated rings. The number of nitrogens with zero attached hydrogens (tertiary/aromatic N) is 2. The molecule has 0 atom stereocenters. The zero-order chi connectivity index (χ0) is 15.0. The Labute approximate surface area is 127 Å². The number of hydrogen-bond acceptors (Lipinski definition) is 3. The van der Waals surface area contributed by atoms with Gasteiger partial charge in [0.1, 0.15) is 12.7 Å². The second kappa shape index (κ2) is 5.40. The molecule has 108 valence electrons. The first-order chi connectivity index (χ1) is 10.2. The summed E-state index contributed by atoms with van der Waals surface area (Å²) in [5.74, 6) is -0.0164. The quantitative estimate of drug-likeness (QED) is 0.925. The molecule has 1 aliphatic rings. The van der Waals surface area contributed by atoms with Gasteiger partial charge >= 0.3 is 0 Å². The fraction of sp³-hybridized carbons (Fsp3) is 0.333. The molecule has 0 radical (unpaired) electrons. The highest BCUT2D eigenvalue weighted by Crippen LogP contribution is 2.33. The summed E-state index contributed by atoms with van der Waals surface area (Å²) < 4.78 is 4.91. The lowest BCUT2D eigenvalue weighted by molar-refractivity contribution is -0.136. The predicted molar refractivity (Wildman–Crippen MR) is 79.0 cm³/mol. The number of fused-ring (bicyclic) bond motifs is 3. The molecule has 2 aromatic rings. The number of methoxy groups -OCH3 is 1. The molecule has 0 spiro atoms. The van der Waals surface area contributed by atoms with Gasteiger partial charge in [0, 0.05) is 43.3 Å². The van der Waals surface area contributed by atoms with Gasteiger partial charge in [0.25, 0.3) is 0 Å². The predicted octanol–water partition coefficient (Wildman–Crippen LogP) is 2.22. The number of hydrogen-bond donors (Lipinski definition) is 1. The highest BCUT2D eigenvalue weighted by molar-refractivity contribution is 6.36. The number of carbonyl (C=O) groups is 1. The maximum absolute atomic E-state index is 12.0. The molecule has 0 aliphatic carbocycles. The number of halogens is 1. The van der Waals surface area contributed by atoms with Crippen molar-refractivity contribution in [1.82, 2.24) is 9.88 Å². The number of ether oxygens (including phenoxy) is 1. The van der Waals surface area contributed by atoms with Crippen LogP contribution in [0.1, 0.15) is 16.8 Å². The van der Waals surface area contributed by atoms with Gasteiger partial charge in [-0.15, -0.1) is 0 Å². The number of H-pyrrole nitrogens is 1. The van der Waals surface area contributed by atoms with Gasteiger partial charge in [-0.25, -0.2) is 0 Å². The van der Waals surface area contributed by atoms with Gasteiger partial charge in [0.05, 0.1) is 16.1 Å². The molecular formula is C15H14ClN3O2. The van der Waals surface area contributed by atoms with Crippen LogP contribution in [0.25, 0.3) is 10.9 Å². The molecule has 1 aliphatic heterocycles. The van der Waals surface area contributed by atoms with Crippen molar-refractivity contribution in [3.8, 4) is 6.07 Å². The minimum absolute atomic E-state index is 0.0164. The van der Waals surface area contributed by atoms with Crippen molar-refractivity contribution in [2.75, 3.05) is 20.3 Å². The summed E-state index contributed by atoms with van der Waals surface area (Å²) in [6, 6.07) is 5.68. The molecule has 5 nitrogen and oxygen atoms in total. The molecule has 1 aromatic heterocycles. The van der Waals surface area contributed by atoms with E-state index in [0.29, 0.717) is 23.7 Å². The number of nitriles is 1. The summed E-state index contributed by atoms with van der Waals surface area (Å²) >= 11 is 6.26. The Balaban J connectivity index is 2.03. The van der Waals surface area contributed by atoms with E-state index in [2.05, 4.69) is 11.1 Å². The van der Waals surface area contributed by atoms with Crippen molar-refractivity contribution in [2.45, 2.75) is 13.0 Å². The van der Waals surface area contributed by atoms with Crippen LogP contribution >= 0.6 is 11.6 Å². The van der Waals surface area contributed by atoms with Crippen LogP contribution in [0.2, 0.25) is 5.02 Å². The Hall–Kier alpha value is -2.03. The third kappa shape index (κ3) is 2.27. The summed E-state index contributed by atoms with van der Waals surface area (Å²) in [6.07, 6.45) is 0.748. The van der Waals surface area contributed by atoms with Gasteiger partial charge < -0.3 is 14.6 Å². The minimum atomic E-state index is -0.0164. The third-order valence-corrected chi connectivity index (χ3v) is 4.22. The van der Waals surface area contributed by atoms with E-state index in [0.717, 1.165) is 28.6 Å². The highest BCUT2D eigenvalue weighted by atomic mass is 35.5. The molecule has 1 aromatic carbocycles. The first-order valence-electron chi connectivity index (χ1n) is 6.64. The second-order valence-electron chi connectivity index (χ2n) is 5.04. The van der Waals surface area contributed by atoms with Gasteiger partial charge in [-0.2, -0.15) is 5.26 Å². The topological polar surface area (TPSA) is 69.1 Å². The average Bonchev–Trinajstić information content (AvgIpc) is 2.87. The van der Waals surface area contributed by atoms with Crippen LogP contribution in [0.15, 0.2) is 12.1 Å². The van der Waals surface area contributed by atoms with Crippen LogP contribution in [0.3, 0.4) is 0 Å². The van der Waals surface area contributed by atoms with E-state index in [1.54, 1.807) is 11.0 Å². The number of benzene rings is 1. The summed E-state index contributed by atoms with van der Waals surface area (Å²) in [6.45, 7) is 1.29. The fourth-order valence-electron chi connectivity index (χ4n) is 2.76. The second-order valence-corrected chi connectivity index (χ2v) is 5.42. The Morgan fingerprint density at radius 1 is 1.57 bits per heavy atom. The van der Waals surface area contributed by atoms with Crippen LogP contribution < -0.4 is 0 Å². The number of aromatic amines is 1. The largest absolute Gasteiger partial charge is 0.375 e. The zero-order valence-corrected chi connectivity index (χ0v) is 12.3. The van der Waals surface area contributed by atoms with E-state index in [4.69, 9.17) is 21.6 Å². The Kier molecular flexibility index (Phi) is 3.58. The molecule has 0 unspecified atom stereocenters.